The number of hydrogen-bond acceptors (Lipinski definition) is 7. The number of nitrogens with zero attached hydrogens (tertiary/aromatic N) is 3. The van der Waals surface area contributed by atoms with E-state index in [0.29, 0.717) is 61.1 Å². The number of benzene rings is 2. The maximum absolute atomic E-state index is 13.2. The van der Waals surface area contributed by atoms with Gasteiger partial charge in [-0.15, -0.1) is 0 Å². The predicted octanol–water partition coefficient (Wildman–Crippen LogP) is 3.17. The van der Waals surface area contributed by atoms with Gasteiger partial charge in [0.25, 0.3) is 11.7 Å². The Morgan fingerprint density at radius 3 is 2.71 bits per heavy atom. The van der Waals surface area contributed by atoms with E-state index < -0.39 is 17.7 Å². The van der Waals surface area contributed by atoms with Gasteiger partial charge in [0.15, 0.2) is 11.5 Å². The van der Waals surface area contributed by atoms with Crippen LogP contribution in [0.4, 0.5) is 0 Å². The highest BCUT2D eigenvalue weighted by Crippen LogP contribution is 2.41. The second kappa shape index (κ2) is 9.54. The lowest BCUT2D eigenvalue weighted by atomic mass is 9.95. The van der Waals surface area contributed by atoms with Crippen LogP contribution in [0.5, 0.6) is 17.2 Å². The van der Waals surface area contributed by atoms with Crippen molar-refractivity contribution in [3.05, 3.63) is 77.9 Å². The van der Waals surface area contributed by atoms with Crippen molar-refractivity contribution in [2.45, 2.75) is 19.0 Å². The average molecular weight is 476 g/mol. The molecule has 1 atom stereocenters. The van der Waals surface area contributed by atoms with Gasteiger partial charge in [0, 0.05) is 31.0 Å². The fourth-order valence-electron chi connectivity index (χ4n) is 4.46. The second-order valence-corrected chi connectivity index (χ2v) is 8.28. The van der Waals surface area contributed by atoms with Crippen molar-refractivity contribution in [2.24, 2.45) is 0 Å². The van der Waals surface area contributed by atoms with E-state index in [1.807, 2.05) is 16.8 Å². The number of fused-ring (bicyclic) bond motifs is 1. The van der Waals surface area contributed by atoms with Crippen LogP contribution in [0.15, 0.2) is 66.8 Å². The third-order valence-corrected chi connectivity index (χ3v) is 6.14. The number of aromatic nitrogens is 2. The minimum atomic E-state index is -0.763. The number of methoxy groups -OCH3 is 1. The summed E-state index contributed by atoms with van der Waals surface area (Å²) in [5.41, 5.74) is 1.08. The summed E-state index contributed by atoms with van der Waals surface area (Å²) in [6.45, 7) is 1.79. The smallest absolute Gasteiger partial charge is 0.295 e. The zero-order valence-electron chi connectivity index (χ0n) is 19.2. The highest BCUT2D eigenvalue weighted by atomic mass is 16.6. The summed E-state index contributed by atoms with van der Waals surface area (Å²) in [5.74, 6) is -0.00337. The van der Waals surface area contributed by atoms with E-state index in [1.165, 1.54) is 4.90 Å². The van der Waals surface area contributed by atoms with Crippen LogP contribution in [-0.4, -0.2) is 58.1 Å². The summed E-state index contributed by atoms with van der Waals surface area (Å²) >= 11 is 0. The minimum absolute atomic E-state index is 0.0301. The van der Waals surface area contributed by atoms with Gasteiger partial charge >= 0.3 is 0 Å². The van der Waals surface area contributed by atoms with Crippen LogP contribution in [0.2, 0.25) is 0 Å². The van der Waals surface area contributed by atoms with Crippen molar-refractivity contribution in [2.75, 3.05) is 26.9 Å². The molecule has 1 unspecified atom stereocenters. The zero-order chi connectivity index (χ0) is 24.4. The lowest BCUT2D eigenvalue weighted by Crippen LogP contribution is -2.31. The number of carbonyl (C=O) groups excluding carboxylic acids is 2. The molecule has 0 saturated carbocycles. The lowest BCUT2D eigenvalue weighted by molar-refractivity contribution is -0.139. The molecule has 1 N–H and O–H groups in total. The topological polar surface area (TPSA) is 103 Å². The number of imidazole rings is 1. The molecule has 3 heterocycles. The first-order valence-corrected chi connectivity index (χ1v) is 11.3. The summed E-state index contributed by atoms with van der Waals surface area (Å²) in [5, 5.41) is 11.3. The van der Waals surface area contributed by atoms with Crippen molar-refractivity contribution in [1.29, 1.82) is 0 Å². The molecule has 9 nitrogen and oxygen atoms in total. The Labute approximate surface area is 202 Å². The van der Waals surface area contributed by atoms with Gasteiger partial charge in [0.05, 0.1) is 25.1 Å². The molecule has 1 fully saturated rings. The molecule has 0 bridgehead atoms. The standard InChI is InChI=1S/C26H25N3O6/c1-33-19-5-2-4-17(14-19)23-22(24(30)18-6-7-20-21(15-18)35-13-12-34-20)25(31)26(32)29(23)10-3-9-28-11-8-27-16-28/h2,4-8,11,14-16,23,30H,3,9-10,12-13H2,1H3. The van der Waals surface area contributed by atoms with Gasteiger partial charge in [-0.05, 0) is 42.3 Å². The predicted molar refractivity (Wildman–Crippen MR) is 126 cm³/mol. The fourth-order valence-corrected chi connectivity index (χ4v) is 4.46. The molecule has 180 valence electrons. The van der Waals surface area contributed by atoms with Crippen LogP contribution in [0.3, 0.4) is 0 Å². The van der Waals surface area contributed by atoms with Crippen LogP contribution in [0.25, 0.3) is 5.76 Å². The number of rotatable bonds is 7. The first-order valence-electron chi connectivity index (χ1n) is 11.3. The van der Waals surface area contributed by atoms with Crippen molar-refractivity contribution >= 4 is 17.4 Å². The summed E-state index contributed by atoms with van der Waals surface area (Å²) in [4.78, 5) is 31.9. The molecule has 0 radical (unpaired) electrons. The fraction of sp³-hybridized carbons (Fsp3) is 0.269. The SMILES string of the molecule is COc1cccc(C2C(=C(O)c3ccc4c(c3)OCCO4)C(=O)C(=O)N2CCCn2ccnc2)c1. The zero-order valence-corrected chi connectivity index (χ0v) is 19.2. The Hall–Kier alpha value is -4.27. The van der Waals surface area contributed by atoms with Gasteiger partial charge < -0.3 is 28.8 Å². The molecule has 2 aliphatic heterocycles. The van der Waals surface area contributed by atoms with Crippen LogP contribution >= 0.6 is 0 Å². The molecule has 0 spiro atoms. The van der Waals surface area contributed by atoms with E-state index in [9.17, 15) is 14.7 Å². The van der Waals surface area contributed by atoms with Gasteiger partial charge in [-0.25, -0.2) is 4.98 Å². The van der Waals surface area contributed by atoms with Crippen molar-refractivity contribution < 1.29 is 28.9 Å². The van der Waals surface area contributed by atoms with Gasteiger partial charge in [-0.3, -0.25) is 9.59 Å². The lowest BCUT2D eigenvalue weighted by Gasteiger charge is -2.26. The molecular formula is C26H25N3O6. The molecule has 2 aliphatic rings. The van der Waals surface area contributed by atoms with Crippen molar-refractivity contribution in [1.82, 2.24) is 14.5 Å². The monoisotopic (exact) mass is 475 g/mol. The first kappa shape index (κ1) is 22.5. The van der Waals surface area contributed by atoms with E-state index in [1.54, 1.807) is 56.0 Å². The number of Topliss-reactive ketones (excluding diaryl/α,β-unsaturated/α-hetero) is 1. The molecule has 9 heteroatoms. The third-order valence-electron chi connectivity index (χ3n) is 6.14. The number of aliphatic hydroxyl groups is 1. The molecule has 1 aromatic heterocycles. The van der Waals surface area contributed by atoms with Gasteiger partial charge in [-0.1, -0.05) is 12.1 Å². The van der Waals surface area contributed by atoms with Gasteiger partial charge in [0.1, 0.15) is 24.7 Å². The maximum atomic E-state index is 13.2. The largest absolute Gasteiger partial charge is 0.507 e. The first-order chi connectivity index (χ1) is 17.1. The second-order valence-electron chi connectivity index (χ2n) is 8.28. The van der Waals surface area contributed by atoms with Crippen LogP contribution in [0, 0.1) is 0 Å². The Bertz CT molecular complexity index is 1280. The molecular weight excluding hydrogens is 450 g/mol. The molecule has 5 rings (SSSR count). The normalized spacial score (nSPS) is 18.7. The van der Waals surface area contributed by atoms with E-state index >= 15 is 0 Å². The van der Waals surface area contributed by atoms with Gasteiger partial charge in [0.2, 0.25) is 0 Å². The number of amides is 1. The molecule has 2 aromatic carbocycles. The van der Waals surface area contributed by atoms with E-state index in [-0.39, 0.29) is 11.3 Å². The summed E-state index contributed by atoms with van der Waals surface area (Å²) < 4.78 is 18.5. The van der Waals surface area contributed by atoms with Crippen LogP contribution < -0.4 is 14.2 Å². The Balaban J connectivity index is 1.54. The number of ether oxygens (including phenoxy) is 3. The third kappa shape index (κ3) is 4.32. The van der Waals surface area contributed by atoms with Crippen LogP contribution in [0.1, 0.15) is 23.6 Å². The Morgan fingerprint density at radius 1 is 1.11 bits per heavy atom. The molecule has 3 aromatic rings. The Morgan fingerprint density at radius 2 is 1.94 bits per heavy atom. The Kier molecular flexibility index (Phi) is 6.13. The van der Waals surface area contributed by atoms with E-state index in [0.717, 1.165) is 0 Å². The van der Waals surface area contributed by atoms with Crippen LogP contribution in [-0.2, 0) is 16.1 Å². The van der Waals surface area contributed by atoms with Crippen molar-refractivity contribution in [3.63, 3.8) is 0 Å². The molecule has 35 heavy (non-hydrogen) atoms. The number of hydrogen-bond donors (Lipinski definition) is 1. The minimum Gasteiger partial charge on any atom is -0.507 e. The average Bonchev–Trinajstić information content (AvgIpc) is 3.50. The highest BCUT2D eigenvalue weighted by molar-refractivity contribution is 6.46. The highest BCUT2D eigenvalue weighted by Gasteiger charge is 2.46. The summed E-state index contributed by atoms with van der Waals surface area (Å²) in [6, 6.07) is 11.4. The number of carbonyl (C=O) groups is 2. The molecule has 1 saturated heterocycles. The summed E-state index contributed by atoms with van der Waals surface area (Å²) in [7, 11) is 1.55. The quantitative estimate of drug-likeness (QED) is 0.318. The molecule has 1 amide bonds. The number of ketones is 1. The maximum Gasteiger partial charge on any atom is 0.295 e. The number of likely N-dealkylation sites (tertiary alicyclic amines) is 1. The van der Waals surface area contributed by atoms with Gasteiger partial charge in [-0.2, -0.15) is 0 Å². The van der Waals surface area contributed by atoms with E-state index in [2.05, 4.69) is 4.98 Å². The van der Waals surface area contributed by atoms with Crippen molar-refractivity contribution in [3.8, 4) is 17.2 Å². The number of aliphatic hydroxyl groups excluding tert-OH is 1. The van der Waals surface area contributed by atoms with E-state index in [4.69, 9.17) is 14.2 Å². The molecule has 0 aliphatic carbocycles. The summed E-state index contributed by atoms with van der Waals surface area (Å²) in [6.07, 6.45) is 5.84. The number of aryl methyl sites for hydroxylation is 1.